The molecule has 5 nitrogen and oxygen atoms in total. The molecule has 1 fully saturated rings. The zero-order valence-electron chi connectivity index (χ0n) is 10.8. The third-order valence-electron chi connectivity index (χ3n) is 3.60. The summed E-state index contributed by atoms with van der Waals surface area (Å²) in [6, 6.07) is 0. The van der Waals surface area contributed by atoms with Gasteiger partial charge in [0.15, 0.2) is 5.82 Å². The molecule has 1 heterocycles. The second-order valence-electron chi connectivity index (χ2n) is 5.54. The van der Waals surface area contributed by atoms with Crippen molar-refractivity contribution in [2.45, 2.75) is 50.5 Å². The summed E-state index contributed by atoms with van der Waals surface area (Å²) >= 11 is 0. The van der Waals surface area contributed by atoms with Crippen molar-refractivity contribution in [2.75, 3.05) is 13.7 Å². The first-order valence-electron chi connectivity index (χ1n) is 6.10. The third-order valence-corrected chi connectivity index (χ3v) is 3.60. The molecule has 96 valence electrons. The number of hydrogen-bond acceptors (Lipinski definition) is 5. The molecule has 17 heavy (non-hydrogen) atoms. The number of rotatable bonds is 4. The number of nitrogens with zero attached hydrogens (tertiary/aromatic N) is 2. The molecule has 2 rings (SSSR count). The first kappa shape index (κ1) is 12.5. The molecule has 1 aliphatic rings. The van der Waals surface area contributed by atoms with Crippen LogP contribution in [-0.4, -0.2) is 23.9 Å². The van der Waals surface area contributed by atoms with Gasteiger partial charge in [0.1, 0.15) is 5.54 Å². The maximum atomic E-state index is 6.09. The highest BCUT2D eigenvalue weighted by Crippen LogP contribution is 2.39. The van der Waals surface area contributed by atoms with Crippen LogP contribution in [0.1, 0.15) is 51.2 Å². The quantitative estimate of drug-likeness (QED) is 0.866. The van der Waals surface area contributed by atoms with E-state index in [1.165, 1.54) is 12.8 Å². The lowest BCUT2D eigenvalue weighted by Crippen LogP contribution is -2.39. The molecule has 0 radical (unpaired) electrons. The van der Waals surface area contributed by atoms with Crippen molar-refractivity contribution < 1.29 is 9.26 Å². The van der Waals surface area contributed by atoms with Gasteiger partial charge in [0.2, 0.25) is 5.89 Å². The van der Waals surface area contributed by atoms with Crippen LogP contribution in [0.15, 0.2) is 4.52 Å². The van der Waals surface area contributed by atoms with Crippen LogP contribution >= 0.6 is 0 Å². The molecule has 1 aliphatic carbocycles. The number of nitrogens with two attached hydrogens (primary N) is 1. The molecule has 0 saturated heterocycles. The summed E-state index contributed by atoms with van der Waals surface area (Å²) in [5.74, 6) is 1.25. The number of ether oxygens (including phenoxy) is 1. The molecule has 1 unspecified atom stereocenters. The highest BCUT2D eigenvalue weighted by Gasteiger charge is 2.38. The molecule has 0 aromatic carbocycles. The topological polar surface area (TPSA) is 74.2 Å². The van der Waals surface area contributed by atoms with E-state index < -0.39 is 5.54 Å². The van der Waals surface area contributed by atoms with Crippen LogP contribution < -0.4 is 5.73 Å². The average Bonchev–Trinajstić information content (AvgIpc) is 2.86. The normalized spacial score (nSPS) is 22.6. The van der Waals surface area contributed by atoms with Crippen LogP contribution in [0.3, 0.4) is 0 Å². The molecule has 1 atom stereocenters. The van der Waals surface area contributed by atoms with Crippen molar-refractivity contribution in [2.24, 2.45) is 5.73 Å². The van der Waals surface area contributed by atoms with Gasteiger partial charge >= 0.3 is 0 Å². The van der Waals surface area contributed by atoms with Crippen molar-refractivity contribution in [3.05, 3.63) is 11.7 Å². The van der Waals surface area contributed by atoms with Crippen LogP contribution in [0.4, 0.5) is 0 Å². The van der Waals surface area contributed by atoms with Crippen LogP contribution in [-0.2, 0) is 15.7 Å². The molecular weight excluding hydrogens is 218 g/mol. The maximum Gasteiger partial charge on any atom is 0.232 e. The second-order valence-corrected chi connectivity index (χ2v) is 5.54. The highest BCUT2D eigenvalue weighted by molar-refractivity contribution is 5.09. The first-order valence-corrected chi connectivity index (χ1v) is 6.10. The maximum absolute atomic E-state index is 6.09. The Morgan fingerprint density at radius 1 is 1.47 bits per heavy atom. The van der Waals surface area contributed by atoms with Gasteiger partial charge in [0.25, 0.3) is 0 Å². The lowest BCUT2D eigenvalue weighted by Gasteiger charge is -2.19. The van der Waals surface area contributed by atoms with Gasteiger partial charge in [0.05, 0.1) is 6.61 Å². The summed E-state index contributed by atoms with van der Waals surface area (Å²) in [6.45, 7) is 4.41. The number of methoxy groups -OCH3 is 1. The van der Waals surface area contributed by atoms with E-state index in [-0.39, 0.29) is 5.41 Å². The fraction of sp³-hybridized carbons (Fsp3) is 0.833. The minimum absolute atomic E-state index is 0.0361. The van der Waals surface area contributed by atoms with Crippen LogP contribution in [0.25, 0.3) is 0 Å². The second kappa shape index (κ2) is 4.38. The van der Waals surface area contributed by atoms with E-state index in [0.29, 0.717) is 12.4 Å². The minimum Gasteiger partial charge on any atom is -0.382 e. The first-order chi connectivity index (χ1) is 7.98. The third kappa shape index (κ3) is 2.35. The van der Waals surface area contributed by atoms with Crippen molar-refractivity contribution in [3.8, 4) is 0 Å². The largest absolute Gasteiger partial charge is 0.382 e. The molecule has 0 aliphatic heterocycles. The molecule has 1 saturated carbocycles. The van der Waals surface area contributed by atoms with E-state index in [2.05, 4.69) is 17.1 Å². The molecular formula is C12H21N3O2. The predicted octanol–water partition coefficient (Wildman–Crippen LogP) is 1.72. The van der Waals surface area contributed by atoms with Gasteiger partial charge in [0, 0.05) is 12.5 Å². The lowest BCUT2D eigenvalue weighted by molar-refractivity contribution is 0.134. The zero-order chi connectivity index (χ0) is 12.5. The summed E-state index contributed by atoms with van der Waals surface area (Å²) in [5.41, 5.74) is 5.44. The van der Waals surface area contributed by atoms with Gasteiger partial charge in [-0.2, -0.15) is 4.98 Å². The summed E-state index contributed by atoms with van der Waals surface area (Å²) < 4.78 is 10.5. The van der Waals surface area contributed by atoms with Crippen molar-refractivity contribution in [3.63, 3.8) is 0 Å². The Kier molecular flexibility index (Phi) is 3.23. The van der Waals surface area contributed by atoms with Crippen molar-refractivity contribution in [1.29, 1.82) is 0 Å². The van der Waals surface area contributed by atoms with E-state index in [1.54, 1.807) is 7.11 Å². The van der Waals surface area contributed by atoms with Gasteiger partial charge in [-0.05, 0) is 19.8 Å². The van der Waals surface area contributed by atoms with Crippen LogP contribution in [0.2, 0.25) is 0 Å². The fourth-order valence-electron chi connectivity index (χ4n) is 2.43. The van der Waals surface area contributed by atoms with E-state index in [0.717, 1.165) is 18.7 Å². The summed E-state index contributed by atoms with van der Waals surface area (Å²) in [5, 5.41) is 4.01. The number of aromatic nitrogens is 2. The average molecular weight is 239 g/mol. The highest BCUT2D eigenvalue weighted by atomic mass is 16.5. The van der Waals surface area contributed by atoms with Crippen LogP contribution in [0.5, 0.6) is 0 Å². The Morgan fingerprint density at radius 2 is 2.12 bits per heavy atom. The lowest BCUT2D eigenvalue weighted by atomic mass is 9.89. The monoisotopic (exact) mass is 239 g/mol. The molecule has 5 heteroatoms. The standard InChI is InChI=1S/C12H21N3O2/c1-11(6-4-5-7-11)10-14-9(15-17-10)12(2,13)8-16-3/h4-8,13H2,1-3H3. The van der Waals surface area contributed by atoms with Gasteiger partial charge in [-0.15, -0.1) is 0 Å². The Morgan fingerprint density at radius 3 is 2.71 bits per heavy atom. The molecule has 1 aromatic heterocycles. The predicted molar refractivity (Wildman–Crippen MR) is 63.5 cm³/mol. The van der Waals surface area contributed by atoms with Gasteiger partial charge in [-0.1, -0.05) is 24.9 Å². The molecule has 1 aromatic rings. The zero-order valence-corrected chi connectivity index (χ0v) is 10.8. The van der Waals surface area contributed by atoms with Gasteiger partial charge in [-0.3, -0.25) is 0 Å². The molecule has 2 N–H and O–H groups in total. The Hall–Kier alpha value is -0.940. The van der Waals surface area contributed by atoms with E-state index in [4.69, 9.17) is 15.0 Å². The molecule has 0 bridgehead atoms. The van der Waals surface area contributed by atoms with E-state index in [1.807, 2.05) is 6.92 Å². The van der Waals surface area contributed by atoms with Gasteiger partial charge < -0.3 is 15.0 Å². The summed E-state index contributed by atoms with van der Waals surface area (Å²) in [4.78, 5) is 4.47. The Labute approximate surface area is 102 Å². The van der Waals surface area contributed by atoms with Gasteiger partial charge in [-0.25, -0.2) is 0 Å². The fourth-order valence-corrected chi connectivity index (χ4v) is 2.43. The van der Waals surface area contributed by atoms with E-state index >= 15 is 0 Å². The summed E-state index contributed by atoms with van der Waals surface area (Å²) in [6.07, 6.45) is 4.68. The molecule has 0 spiro atoms. The van der Waals surface area contributed by atoms with Crippen LogP contribution in [0, 0.1) is 0 Å². The SMILES string of the molecule is COCC(C)(N)c1noc(C2(C)CCCC2)n1. The Bertz CT molecular complexity index is 381. The van der Waals surface area contributed by atoms with Crippen molar-refractivity contribution in [1.82, 2.24) is 10.1 Å². The van der Waals surface area contributed by atoms with E-state index in [9.17, 15) is 0 Å². The Balaban J connectivity index is 2.21. The number of hydrogen-bond donors (Lipinski definition) is 1. The van der Waals surface area contributed by atoms with Crippen molar-refractivity contribution >= 4 is 0 Å². The summed E-state index contributed by atoms with van der Waals surface area (Å²) in [7, 11) is 1.62. The smallest absolute Gasteiger partial charge is 0.232 e. The minimum atomic E-state index is -0.689. The molecule has 0 amide bonds.